The Hall–Kier alpha value is -7.68. The maximum absolute atomic E-state index is 4.16. The van der Waals surface area contributed by atoms with E-state index in [9.17, 15) is 0 Å². The number of para-hydroxylation sites is 3. The second kappa shape index (κ2) is 14.3. The van der Waals surface area contributed by atoms with Crippen molar-refractivity contribution in [2.24, 2.45) is 0 Å². The first-order valence-electron chi connectivity index (χ1n) is 20.8. The van der Waals surface area contributed by atoms with E-state index in [1.54, 1.807) is 0 Å². The molecule has 2 nitrogen and oxygen atoms in total. The summed E-state index contributed by atoms with van der Waals surface area (Å²) in [6.45, 7) is 6.24. The standard InChI is InChI=1S/C58H42N2/c1-3-22-40(23-4-2)59(41-24-8-5-9-25-41)54-38-52-56(48-34-16-14-32-46(48)54)57-49-35-17-15-33-47(49)55(60(42-26-10-6-11-27-42)43-28-12-7-13-29-43)39-53(57)58(52)50-36-20-18-30-44(50)45-31-19-21-37-51(45)58/h3-39H,1H2,2H3/b23-4-,40-22+. The third kappa shape index (κ3) is 5.14. The summed E-state index contributed by atoms with van der Waals surface area (Å²) < 4.78 is 0. The minimum absolute atomic E-state index is 0.625. The highest BCUT2D eigenvalue weighted by molar-refractivity contribution is 6.19. The molecule has 0 amide bonds. The number of rotatable bonds is 8. The lowest BCUT2D eigenvalue weighted by Crippen LogP contribution is -2.27. The van der Waals surface area contributed by atoms with Gasteiger partial charge >= 0.3 is 0 Å². The van der Waals surface area contributed by atoms with Gasteiger partial charge in [0.15, 0.2) is 0 Å². The van der Waals surface area contributed by atoms with Crippen LogP contribution in [0.2, 0.25) is 0 Å². The molecule has 0 aliphatic heterocycles. The molecule has 0 saturated carbocycles. The molecule has 0 aromatic heterocycles. The number of anilines is 5. The molecule has 0 N–H and O–H groups in total. The lowest BCUT2D eigenvalue weighted by Gasteiger charge is -2.34. The predicted octanol–water partition coefficient (Wildman–Crippen LogP) is 15.6. The summed E-state index contributed by atoms with van der Waals surface area (Å²) in [7, 11) is 0. The van der Waals surface area contributed by atoms with Crippen molar-refractivity contribution in [2.45, 2.75) is 12.3 Å². The van der Waals surface area contributed by atoms with Gasteiger partial charge in [-0.25, -0.2) is 0 Å². The molecule has 284 valence electrons. The van der Waals surface area contributed by atoms with E-state index in [0.29, 0.717) is 0 Å². The predicted molar refractivity (Wildman–Crippen MR) is 254 cm³/mol. The van der Waals surface area contributed by atoms with E-state index in [0.717, 1.165) is 34.1 Å². The molecule has 2 aliphatic carbocycles. The zero-order valence-electron chi connectivity index (χ0n) is 33.5. The van der Waals surface area contributed by atoms with Crippen LogP contribution in [-0.4, -0.2) is 0 Å². The van der Waals surface area contributed by atoms with Crippen LogP contribution in [0.1, 0.15) is 29.2 Å². The summed E-state index contributed by atoms with van der Waals surface area (Å²) in [5.41, 5.74) is 16.3. The first kappa shape index (κ1) is 35.5. The Morgan fingerprint density at radius 3 is 1.37 bits per heavy atom. The summed E-state index contributed by atoms with van der Waals surface area (Å²) in [6, 6.07) is 73.7. The van der Waals surface area contributed by atoms with Gasteiger partial charge in [0.05, 0.1) is 16.8 Å². The van der Waals surface area contributed by atoms with Gasteiger partial charge in [-0.15, -0.1) is 0 Å². The van der Waals surface area contributed by atoms with Gasteiger partial charge in [0.1, 0.15) is 0 Å². The molecule has 9 aromatic carbocycles. The van der Waals surface area contributed by atoms with E-state index in [4.69, 9.17) is 0 Å². The van der Waals surface area contributed by atoms with Gasteiger partial charge in [0, 0.05) is 33.5 Å². The van der Waals surface area contributed by atoms with Crippen LogP contribution in [0.4, 0.5) is 28.4 Å². The fourth-order valence-electron chi connectivity index (χ4n) is 10.3. The van der Waals surface area contributed by atoms with Crippen LogP contribution in [0.15, 0.2) is 237 Å². The molecule has 2 heteroatoms. The van der Waals surface area contributed by atoms with Crippen molar-refractivity contribution in [2.75, 3.05) is 9.80 Å². The van der Waals surface area contributed by atoms with E-state index >= 15 is 0 Å². The van der Waals surface area contributed by atoms with E-state index < -0.39 is 5.41 Å². The number of nitrogens with zero attached hydrogens (tertiary/aromatic N) is 2. The number of fused-ring (bicyclic) bond motifs is 14. The topological polar surface area (TPSA) is 6.48 Å². The summed E-state index contributed by atoms with van der Waals surface area (Å²) in [5.74, 6) is 0. The Labute approximate surface area is 351 Å². The third-order valence-electron chi connectivity index (χ3n) is 12.5. The molecule has 0 fully saturated rings. The molecule has 0 radical (unpaired) electrons. The Morgan fingerprint density at radius 1 is 0.450 bits per heavy atom. The van der Waals surface area contributed by atoms with Crippen molar-refractivity contribution in [1.29, 1.82) is 0 Å². The van der Waals surface area contributed by atoms with Gasteiger partial charge in [-0.3, -0.25) is 0 Å². The zero-order valence-corrected chi connectivity index (χ0v) is 33.5. The molecule has 60 heavy (non-hydrogen) atoms. The molecule has 0 bridgehead atoms. The maximum Gasteiger partial charge on any atom is 0.0727 e. The fourth-order valence-corrected chi connectivity index (χ4v) is 10.3. The van der Waals surface area contributed by atoms with E-state index in [1.807, 2.05) is 6.08 Å². The molecule has 1 spiro atoms. The van der Waals surface area contributed by atoms with Gasteiger partial charge in [0.2, 0.25) is 0 Å². The number of benzene rings is 9. The average Bonchev–Trinajstić information content (AvgIpc) is 3.78. The van der Waals surface area contributed by atoms with Crippen molar-refractivity contribution < 1.29 is 0 Å². The van der Waals surface area contributed by atoms with Gasteiger partial charge in [-0.1, -0.05) is 170 Å². The molecular weight excluding hydrogens is 725 g/mol. The Bertz CT molecular complexity index is 3090. The molecule has 0 atom stereocenters. The van der Waals surface area contributed by atoms with Gasteiger partial charge in [-0.05, 0) is 123 Å². The summed E-state index contributed by atoms with van der Waals surface area (Å²) >= 11 is 0. The van der Waals surface area contributed by atoms with E-state index in [-0.39, 0.29) is 0 Å². The van der Waals surface area contributed by atoms with Gasteiger partial charge in [0.25, 0.3) is 0 Å². The molecule has 11 rings (SSSR count). The lowest BCUT2D eigenvalue weighted by atomic mass is 9.70. The van der Waals surface area contributed by atoms with Crippen LogP contribution < -0.4 is 9.80 Å². The third-order valence-corrected chi connectivity index (χ3v) is 12.5. The highest BCUT2D eigenvalue weighted by Crippen LogP contribution is 2.66. The van der Waals surface area contributed by atoms with Gasteiger partial charge < -0.3 is 9.80 Å². The van der Waals surface area contributed by atoms with Crippen LogP contribution in [0.5, 0.6) is 0 Å². The second-order valence-corrected chi connectivity index (χ2v) is 15.6. The van der Waals surface area contributed by atoms with Crippen molar-refractivity contribution in [1.82, 2.24) is 0 Å². The quantitative estimate of drug-likeness (QED) is 0.142. The van der Waals surface area contributed by atoms with Crippen LogP contribution in [-0.2, 0) is 5.41 Å². The highest BCUT2D eigenvalue weighted by Gasteiger charge is 2.53. The van der Waals surface area contributed by atoms with Crippen LogP contribution in [0, 0.1) is 0 Å². The lowest BCUT2D eigenvalue weighted by molar-refractivity contribution is 0.795. The average molecular weight is 767 g/mol. The van der Waals surface area contributed by atoms with Crippen molar-refractivity contribution in [3.63, 3.8) is 0 Å². The molecular formula is C58H42N2. The Kier molecular flexibility index (Phi) is 8.46. The fraction of sp³-hybridized carbons (Fsp3) is 0.0345. The normalized spacial score (nSPS) is 13.3. The molecule has 0 saturated heterocycles. The number of hydrogen-bond donors (Lipinski definition) is 0. The largest absolute Gasteiger partial charge is 0.310 e. The SMILES string of the molecule is C=C/C=C(\C=C/C)N(c1ccccc1)c1cc2c(c3ccccc13)-c1c(cc(N(c3ccccc3)c3ccccc3)c3ccccc13)C21c2ccccc2-c2ccccc21. The van der Waals surface area contributed by atoms with Crippen LogP contribution in [0.25, 0.3) is 43.8 Å². The number of hydrogen-bond acceptors (Lipinski definition) is 2. The van der Waals surface area contributed by atoms with Crippen LogP contribution >= 0.6 is 0 Å². The minimum atomic E-state index is -0.625. The smallest absolute Gasteiger partial charge is 0.0727 e. The molecule has 2 aliphatic rings. The zero-order chi connectivity index (χ0) is 40.2. The van der Waals surface area contributed by atoms with E-state index in [1.165, 1.54) is 66.1 Å². The molecule has 0 unspecified atom stereocenters. The van der Waals surface area contributed by atoms with Crippen molar-refractivity contribution in [3.8, 4) is 22.3 Å². The first-order valence-corrected chi connectivity index (χ1v) is 20.8. The van der Waals surface area contributed by atoms with Gasteiger partial charge in [-0.2, -0.15) is 0 Å². The summed E-state index contributed by atoms with van der Waals surface area (Å²) in [5, 5.41) is 4.85. The number of allylic oxidation sites excluding steroid dienone is 4. The monoisotopic (exact) mass is 766 g/mol. The first-order chi connectivity index (χ1) is 29.7. The summed E-state index contributed by atoms with van der Waals surface area (Å²) in [4.78, 5) is 4.85. The maximum atomic E-state index is 4.16. The Morgan fingerprint density at radius 2 is 0.867 bits per heavy atom. The summed E-state index contributed by atoms with van der Waals surface area (Å²) in [6.07, 6.45) is 8.30. The Balaban J connectivity index is 1.34. The molecule has 0 heterocycles. The van der Waals surface area contributed by atoms with E-state index in [2.05, 4.69) is 242 Å². The highest BCUT2D eigenvalue weighted by atomic mass is 15.2. The van der Waals surface area contributed by atoms with Crippen molar-refractivity contribution in [3.05, 3.63) is 259 Å². The second-order valence-electron chi connectivity index (χ2n) is 15.6. The van der Waals surface area contributed by atoms with Crippen molar-refractivity contribution >= 4 is 50.0 Å². The van der Waals surface area contributed by atoms with Crippen LogP contribution in [0.3, 0.4) is 0 Å². The molecule has 9 aromatic rings. The minimum Gasteiger partial charge on any atom is -0.310 e.